The molecule has 0 fully saturated rings. The quantitative estimate of drug-likeness (QED) is 0.321. The summed E-state index contributed by atoms with van der Waals surface area (Å²) in [5.74, 6) is 1.01. The van der Waals surface area contributed by atoms with E-state index in [9.17, 15) is 0 Å². The summed E-state index contributed by atoms with van der Waals surface area (Å²) in [5, 5.41) is 0.967. The molecule has 25 heavy (non-hydrogen) atoms. The van der Waals surface area contributed by atoms with Crippen LogP contribution in [0, 0.1) is 0 Å². The predicted octanol–water partition coefficient (Wildman–Crippen LogP) is 6.30. The van der Waals surface area contributed by atoms with Gasteiger partial charge in [0.15, 0.2) is 0 Å². The maximum absolute atomic E-state index is 6.03. The number of benzene rings is 3. The molecule has 0 bridgehead atoms. The smallest absolute Gasteiger partial charge is 0.122 e. The summed E-state index contributed by atoms with van der Waals surface area (Å²) in [6.45, 7) is 0.744. The Balaban J connectivity index is 1.82. The first-order valence-electron chi connectivity index (χ1n) is 8.78. The van der Waals surface area contributed by atoms with E-state index in [4.69, 9.17) is 4.74 Å². The van der Waals surface area contributed by atoms with Gasteiger partial charge in [0.05, 0.1) is 6.61 Å². The van der Waals surface area contributed by atoms with Gasteiger partial charge in [-0.1, -0.05) is 82.7 Å². The second kappa shape index (κ2) is 9.43. The number of hydrogen-bond acceptors (Lipinski definition) is 1. The van der Waals surface area contributed by atoms with E-state index in [0.717, 1.165) is 36.9 Å². The van der Waals surface area contributed by atoms with Gasteiger partial charge >= 0.3 is 0 Å². The van der Waals surface area contributed by atoms with E-state index in [2.05, 4.69) is 94.8 Å². The molecule has 0 atom stereocenters. The van der Waals surface area contributed by atoms with Gasteiger partial charge in [0.2, 0.25) is 0 Å². The van der Waals surface area contributed by atoms with Gasteiger partial charge in [0.25, 0.3) is 0 Å². The third-order valence-corrected chi connectivity index (χ3v) is 4.79. The Hall–Kier alpha value is -2.06. The summed E-state index contributed by atoms with van der Waals surface area (Å²) in [4.78, 5) is 0. The highest BCUT2D eigenvalue weighted by Gasteiger charge is 2.07. The van der Waals surface area contributed by atoms with Crippen LogP contribution in [0.15, 0.2) is 78.9 Å². The number of halogens is 1. The number of alkyl halides is 1. The molecule has 128 valence electrons. The van der Waals surface area contributed by atoms with Gasteiger partial charge in [-0.2, -0.15) is 0 Å². The van der Waals surface area contributed by atoms with Crippen LogP contribution in [-0.4, -0.2) is 11.9 Å². The highest BCUT2D eigenvalue weighted by atomic mass is 79.9. The van der Waals surface area contributed by atoms with Crippen LogP contribution in [0.25, 0.3) is 11.1 Å². The van der Waals surface area contributed by atoms with E-state index in [-0.39, 0.29) is 0 Å². The minimum absolute atomic E-state index is 0.744. The van der Waals surface area contributed by atoms with Crippen LogP contribution in [0.3, 0.4) is 0 Å². The van der Waals surface area contributed by atoms with Crippen molar-refractivity contribution in [2.45, 2.75) is 19.3 Å². The van der Waals surface area contributed by atoms with Crippen molar-refractivity contribution in [3.63, 3.8) is 0 Å². The van der Waals surface area contributed by atoms with Crippen molar-refractivity contribution in [1.29, 1.82) is 0 Å². The van der Waals surface area contributed by atoms with Gasteiger partial charge in [-0.3, -0.25) is 0 Å². The Bertz CT molecular complexity index is 769. The summed E-state index contributed by atoms with van der Waals surface area (Å²) < 4.78 is 6.03. The maximum Gasteiger partial charge on any atom is 0.122 e. The molecule has 3 aromatic carbocycles. The van der Waals surface area contributed by atoms with E-state index in [0.29, 0.717) is 0 Å². The zero-order valence-electron chi connectivity index (χ0n) is 14.3. The van der Waals surface area contributed by atoms with Crippen LogP contribution in [0.5, 0.6) is 5.75 Å². The minimum atomic E-state index is 0.744. The lowest BCUT2D eigenvalue weighted by atomic mass is 9.98. The lowest BCUT2D eigenvalue weighted by Crippen LogP contribution is -2.02. The molecule has 0 spiro atoms. The highest BCUT2D eigenvalue weighted by molar-refractivity contribution is 9.09. The summed E-state index contributed by atoms with van der Waals surface area (Å²) in [7, 11) is 0. The first-order chi connectivity index (χ1) is 12.4. The second-order valence-corrected chi connectivity index (χ2v) is 6.86. The summed E-state index contributed by atoms with van der Waals surface area (Å²) >= 11 is 3.46. The molecular weight excluding hydrogens is 372 g/mol. The molecular formula is C23H23BrO. The summed E-state index contributed by atoms with van der Waals surface area (Å²) in [6.07, 6.45) is 3.01. The van der Waals surface area contributed by atoms with Gasteiger partial charge in [-0.25, -0.2) is 0 Å². The summed E-state index contributed by atoms with van der Waals surface area (Å²) in [6, 6.07) is 27.7. The molecule has 0 aliphatic heterocycles. The fraction of sp³-hybridized carbons (Fsp3) is 0.217. The van der Waals surface area contributed by atoms with Crippen molar-refractivity contribution in [3.8, 4) is 16.9 Å². The van der Waals surface area contributed by atoms with Crippen molar-refractivity contribution < 1.29 is 4.74 Å². The second-order valence-electron chi connectivity index (χ2n) is 6.07. The Morgan fingerprint density at radius 3 is 2.16 bits per heavy atom. The highest BCUT2D eigenvalue weighted by Crippen LogP contribution is 2.28. The van der Waals surface area contributed by atoms with Crippen LogP contribution in [0.4, 0.5) is 0 Å². The van der Waals surface area contributed by atoms with Crippen molar-refractivity contribution in [2.24, 2.45) is 0 Å². The Kier molecular flexibility index (Phi) is 6.70. The lowest BCUT2D eigenvalue weighted by Gasteiger charge is -2.13. The maximum atomic E-state index is 6.03. The molecule has 0 radical (unpaired) electrons. The average molecular weight is 395 g/mol. The van der Waals surface area contributed by atoms with Gasteiger partial charge in [-0.05, 0) is 53.6 Å². The first-order valence-corrected chi connectivity index (χ1v) is 9.90. The molecule has 0 heterocycles. The van der Waals surface area contributed by atoms with Crippen LogP contribution in [0.1, 0.15) is 17.5 Å². The average Bonchev–Trinajstić information content (AvgIpc) is 2.69. The van der Waals surface area contributed by atoms with E-state index in [1.54, 1.807) is 0 Å². The SMILES string of the molecule is BrCCCOc1ccc(-c2ccccc2)cc1CCc1ccccc1. The Morgan fingerprint density at radius 1 is 0.720 bits per heavy atom. The monoisotopic (exact) mass is 394 g/mol. The largest absolute Gasteiger partial charge is 0.493 e. The normalized spacial score (nSPS) is 10.6. The fourth-order valence-electron chi connectivity index (χ4n) is 2.89. The van der Waals surface area contributed by atoms with E-state index in [1.807, 2.05) is 0 Å². The number of hydrogen-bond donors (Lipinski definition) is 0. The molecule has 3 rings (SSSR count). The molecule has 0 aromatic heterocycles. The van der Waals surface area contributed by atoms with E-state index < -0.39 is 0 Å². The molecule has 0 unspecified atom stereocenters. The zero-order chi connectivity index (χ0) is 17.3. The molecule has 0 amide bonds. The van der Waals surface area contributed by atoms with Crippen LogP contribution in [0.2, 0.25) is 0 Å². The van der Waals surface area contributed by atoms with Gasteiger partial charge in [0, 0.05) is 5.33 Å². The van der Waals surface area contributed by atoms with E-state index in [1.165, 1.54) is 22.3 Å². The zero-order valence-corrected chi connectivity index (χ0v) is 15.9. The van der Waals surface area contributed by atoms with Crippen molar-refractivity contribution >= 4 is 15.9 Å². The van der Waals surface area contributed by atoms with Crippen molar-refractivity contribution in [1.82, 2.24) is 0 Å². The van der Waals surface area contributed by atoms with Crippen LogP contribution < -0.4 is 4.74 Å². The molecule has 0 saturated carbocycles. The number of rotatable bonds is 8. The number of aryl methyl sites for hydroxylation is 2. The number of ether oxygens (including phenoxy) is 1. The Labute approximate surface area is 158 Å². The third-order valence-electron chi connectivity index (χ3n) is 4.23. The standard InChI is InChI=1S/C23H23BrO/c24-16-7-17-25-23-15-14-21(20-10-5-2-6-11-20)18-22(23)13-12-19-8-3-1-4-9-19/h1-6,8-11,14-15,18H,7,12-13,16-17H2. The van der Waals surface area contributed by atoms with Crippen LogP contribution >= 0.6 is 15.9 Å². The summed E-state index contributed by atoms with van der Waals surface area (Å²) in [5.41, 5.74) is 5.13. The molecule has 3 aromatic rings. The minimum Gasteiger partial charge on any atom is -0.493 e. The van der Waals surface area contributed by atoms with Crippen molar-refractivity contribution in [3.05, 3.63) is 90.0 Å². The molecule has 0 aliphatic carbocycles. The fourth-order valence-corrected chi connectivity index (χ4v) is 3.12. The van der Waals surface area contributed by atoms with Gasteiger partial charge < -0.3 is 4.74 Å². The molecule has 0 saturated heterocycles. The van der Waals surface area contributed by atoms with Gasteiger partial charge in [0.1, 0.15) is 5.75 Å². The lowest BCUT2D eigenvalue weighted by molar-refractivity contribution is 0.316. The molecule has 0 N–H and O–H groups in total. The Morgan fingerprint density at radius 2 is 1.44 bits per heavy atom. The molecule has 0 aliphatic rings. The molecule has 2 heteroatoms. The third kappa shape index (κ3) is 5.20. The van der Waals surface area contributed by atoms with Crippen LogP contribution in [-0.2, 0) is 12.8 Å². The molecule has 1 nitrogen and oxygen atoms in total. The van der Waals surface area contributed by atoms with E-state index >= 15 is 0 Å². The topological polar surface area (TPSA) is 9.23 Å². The predicted molar refractivity (Wildman–Crippen MR) is 110 cm³/mol. The van der Waals surface area contributed by atoms with Crippen molar-refractivity contribution in [2.75, 3.05) is 11.9 Å². The van der Waals surface area contributed by atoms with Gasteiger partial charge in [-0.15, -0.1) is 0 Å². The first kappa shape index (κ1) is 17.8.